The molecule has 0 aromatic rings. The molecule has 0 saturated carbocycles. The molecular weight excluding hydrogens is 167 g/mol. The smallest absolute Gasteiger partial charge is 0.188 e. The van der Waals surface area contributed by atoms with Crippen LogP contribution in [0.1, 0.15) is 19.8 Å². The maximum Gasteiger partial charge on any atom is 0.188 e. The lowest BCUT2D eigenvalue weighted by Crippen LogP contribution is -1.93. The van der Waals surface area contributed by atoms with Gasteiger partial charge >= 0.3 is 0 Å². The van der Waals surface area contributed by atoms with Crippen LogP contribution in [0.5, 0.6) is 0 Å². The average molecular weight is 180 g/mol. The molecule has 1 aliphatic heterocycles. The van der Waals surface area contributed by atoms with E-state index in [0.29, 0.717) is 0 Å². The first-order valence-electron chi connectivity index (χ1n) is 3.65. The van der Waals surface area contributed by atoms with Crippen molar-refractivity contribution in [1.29, 1.82) is 0 Å². The maximum atomic E-state index is 5.44. The Morgan fingerprint density at radius 1 is 1.30 bits per heavy atom. The molecule has 0 amide bonds. The summed E-state index contributed by atoms with van der Waals surface area (Å²) in [6.45, 7) is 1.82. The molecule has 1 aliphatic rings. The monoisotopic (exact) mass is 180 g/mol. The lowest BCUT2D eigenvalue weighted by Gasteiger charge is -2.16. The fourth-order valence-electron chi connectivity index (χ4n) is 0.831. The Labute approximate surface area is 67.1 Å². The van der Waals surface area contributed by atoms with Gasteiger partial charge in [-0.05, 0) is 24.6 Å². The summed E-state index contributed by atoms with van der Waals surface area (Å²) in [6, 6.07) is 0. The Balaban J connectivity index is 2.49. The molecule has 1 saturated heterocycles. The van der Waals surface area contributed by atoms with Gasteiger partial charge in [0.25, 0.3) is 0 Å². The Morgan fingerprint density at radius 3 is 2.20 bits per heavy atom. The van der Waals surface area contributed by atoms with Crippen LogP contribution >= 0.6 is 6.49 Å². The van der Waals surface area contributed by atoms with Crippen molar-refractivity contribution in [2.75, 3.05) is 19.4 Å². The van der Waals surface area contributed by atoms with Gasteiger partial charge in [0.05, 0.1) is 13.2 Å². The molecule has 0 radical (unpaired) electrons. The van der Waals surface area contributed by atoms with Gasteiger partial charge in [-0.3, -0.25) is 0 Å². The summed E-state index contributed by atoms with van der Waals surface area (Å²) in [7, 11) is 0. The van der Waals surface area contributed by atoms with E-state index in [1.807, 2.05) is 6.92 Å². The van der Waals surface area contributed by atoms with Gasteiger partial charge in [-0.2, -0.15) is 0 Å². The van der Waals surface area contributed by atoms with Crippen molar-refractivity contribution in [2.45, 2.75) is 19.8 Å². The van der Waals surface area contributed by atoms with E-state index in [4.69, 9.17) is 20.9 Å². The molecule has 60 valence electrons. The quantitative estimate of drug-likeness (QED) is 0.576. The first-order chi connectivity index (χ1) is 4.77. The van der Waals surface area contributed by atoms with E-state index in [1.54, 1.807) is 0 Å². The molecule has 4 heteroatoms. The van der Waals surface area contributed by atoms with Crippen LogP contribution < -0.4 is 0 Å². The zero-order valence-electron chi connectivity index (χ0n) is 6.21. The Morgan fingerprint density at radius 2 is 1.80 bits per heavy atom. The van der Waals surface area contributed by atoms with Gasteiger partial charge in [-0.15, -0.1) is 0 Å². The molecule has 0 unspecified atom stereocenters. The maximum absolute atomic E-state index is 5.44. The molecule has 2 nitrogen and oxygen atoms in total. The van der Waals surface area contributed by atoms with Crippen molar-refractivity contribution in [3.05, 3.63) is 0 Å². The zero-order valence-corrected chi connectivity index (χ0v) is 7.92. The Kier molecular flexibility index (Phi) is 3.31. The molecular formula is C6H13O2PS. The summed E-state index contributed by atoms with van der Waals surface area (Å²) in [5.41, 5.74) is 0. The van der Waals surface area contributed by atoms with Crippen LogP contribution in [0.4, 0.5) is 0 Å². The predicted octanol–water partition coefficient (Wildman–Crippen LogP) is 2.14. The second kappa shape index (κ2) is 3.82. The number of hydrogen-bond acceptors (Lipinski definition) is 3. The first-order valence-corrected chi connectivity index (χ1v) is 6.47. The summed E-state index contributed by atoms with van der Waals surface area (Å²) in [5.74, 6) is 0. The van der Waals surface area contributed by atoms with Crippen molar-refractivity contribution in [3.8, 4) is 0 Å². The molecule has 0 aliphatic carbocycles. The zero-order chi connectivity index (χ0) is 7.45. The van der Waals surface area contributed by atoms with Gasteiger partial charge < -0.3 is 9.05 Å². The number of hydrogen-bond donors (Lipinski definition) is 0. The summed E-state index contributed by atoms with van der Waals surface area (Å²) >= 11 is 5.21. The minimum Gasteiger partial charge on any atom is -0.329 e. The van der Waals surface area contributed by atoms with Gasteiger partial charge in [-0.25, -0.2) is 0 Å². The lowest BCUT2D eigenvalue weighted by atomic mass is 10.3. The van der Waals surface area contributed by atoms with E-state index in [2.05, 4.69) is 0 Å². The van der Waals surface area contributed by atoms with E-state index < -0.39 is 6.49 Å². The van der Waals surface area contributed by atoms with Crippen molar-refractivity contribution in [2.24, 2.45) is 0 Å². The van der Waals surface area contributed by atoms with Crippen LogP contribution in [0.2, 0.25) is 0 Å². The standard InChI is InChI=1S/C6H13O2PS/c1-2-9(10)7-5-3-4-6-8-9/h2-6H2,1H3. The van der Waals surface area contributed by atoms with Crippen LogP contribution in [-0.4, -0.2) is 19.4 Å². The average Bonchev–Trinajstić information content (AvgIpc) is 2.15. The molecule has 0 N–H and O–H groups in total. The van der Waals surface area contributed by atoms with Gasteiger partial charge in [0.1, 0.15) is 0 Å². The van der Waals surface area contributed by atoms with E-state index in [1.165, 1.54) is 0 Å². The van der Waals surface area contributed by atoms with Crippen LogP contribution in [0.25, 0.3) is 0 Å². The third-order valence-electron chi connectivity index (χ3n) is 1.50. The largest absolute Gasteiger partial charge is 0.329 e. The molecule has 0 aromatic heterocycles. The van der Waals surface area contributed by atoms with Crippen LogP contribution in [0, 0.1) is 0 Å². The third kappa shape index (κ3) is 2.31. The molecule has 1 heterocycles. The Bertz CT molecular complexity index is 137. The van der Waals surface area contributed by atoms with E-state index >= 15 is 0 Å². The highest BCUT2D eigenvalue weighted by molar-refractivity contribution is 8.09. The highest BCUT2D eigenvalue weighted by Gasteiger charge is 2.17. The molecule has 10 heavy (non-hydrogen) atoms. The van der Waals surface area contributed by atoms with Crippen LogP contribution in [0.3, 0.4) is 0 Å². The predicted molar refractivity (Wildman–Crippen MR) is 46.0 cm³/mol. The van der Waals surface area contributed by atoms with E-state index in [9.17, 15) is 0 Å². The highest BCUT2D eigenvalue weighted by atomic mass is 32.5. The molecule has 0 bridgehead atoms. The van der Waals surface area contributed by atoms with Crippen molar-refractivity contribution in [1.82, 2.24) is 0 Å². The van der Waals surface area contributed by atoms with E-state index in [0.717, 1.165) is 32.2 Å². The molecule has 0 atom stereocenters. The van der Waals surface area contributed by atoms with Gasteiger partial charge in [0, 0.05) is 6.16 Å². The fraction of sp³-hybridized carbons (Fsp3) is 1.00. The first kappa shape index (κ1) is 8.66. The summed E-state index contributed by atoms with van der Waals surface area (Å²) in [6.07, 6.45) is 3.05. The molecule has 0 spiro atoms. The minimum atomic E-state index is -1.80. The topological polar surface area (TPSA) is 18.5 Å². The highest BCUT2D eigenvalue weighted by Crippen LogP contribution is 2.49. The summed E-state index contributed by atoms with van der Waals surface area (Å²) in [4.78, 5) is 0. The van der Waals surface area contributed by atoms with Crippen molar-refractivity contribution >= 4 is 18.3 Å². The third-order valence-corrected chi connectivity index (χ3v) is 4.84. The van der Waals surface area contributed by atoms with Gasteiger partial charge in [0.15, 0.2) is 6.49 Å². The van der Waals surface area contributed by atoms with Crippen molar-refractivity contribution < 1.29 is 9.05 Å². The fourth-order valence-corrected chi connectivity index (χ4v) is 2.53. The van der Waals surface area contributed by atoms with Gasteiger partial charge in [-0.1, -0.05) is 6.92 Å². The number of rotatable bonds is 1. The lowest BCUT2D eigenvalue weighted by molar-refractivity contribution is 0.291. The molecule has 0 aromatic carbocycles. The molecule has 1 fully saturated rings. The summed E-state index contributed by atoms with van der Waals surface area (Å²) < 4.78 is 10.9. The molecule has 1 rings (SSSR count). The Hall–Kier alpha value is 0.570. The van der Waals surface area contributed by atoms with Crippen molar-refractivity contribution in [3.63, 3.8) is 0 Å². The summed E-state index contributed by atoms with van der Waals surface area (Å²) in [5, 5.41) is 0. The normalized spacial score (nSPS) is 25.7. The second-order valence-corrected chi connectivity index (χ2v) is 6.34. The minimum absolute atomic E-state index is 0.797. The van der Waals surface area contributed by atoms with Gasteiger partial charge in [0.2, 0.25) is 0 Å². The second-order valence-electron chi connectivity index (χ2n) is 2.30. The van der Waals surface area contributed by atoms with Crippen LogP contribution in [0.15, 0.2) is 0 Å². The van der Waals surface area contributed by atoms with Crippen LogP contribution in [-0.2, 0) is 20.9 Å². The van der Waals surface area contributed by atoms with E-state index in [-0.39, 0.29) is 0 Å². The SMILES string of the molecule is CCP1(=S)OCCCCO1.